The molecule has 7 N–H and O–H groups in total. The SMILES string of the molecule is C#C[C@@](O)(CO)C(O)O.C#C[C@](C)(O)C(O)O.O=[P+]([O-])O[O-]. The Kier molecular flexibility index (Phi) is 14.5. The molecule has 11 nitrogen and oxygen atoms in total. The summed E-state index contributed by atoms with van der Waals surface area (Å²) in [6.07, 6.45) is 5.35. The van der Waals surface area contributed by atoms with E-state index in [4.69, 9.17) is 50.5 Å². The quantitative estimate of drug-likeness (QED) is 0.0840. The van der Waals surface area contributed by atoms with E-state index >= 15 is 0 Å². The van der Waals surface area contributed by atoms with Crippen molar-refractivity contribution in [2.24, 2.45) is 0 Å². The molecule has 0 aliphatic heterocycles. The van der Waals surface area contributed by atoms with Crippen LogP contribution in [0.4, 0.5) is 0 Å². The topological polar surface area (TPSA) is 214 Å². The number of hydrogen-bond donors (Lipinski definition) is 7. The fourth-order valence-corrected chi connectivity index (χ4v) is 0.276. The van der Waals surface area contributed by atoms with Gasteiger partial charge < -0.3 is 45.9 Å². The predicted molar refractivity (Wildman–Crippen MR) is 65.5 cm³/mol. The average Bonchev–Trinajstić information content (AvgIpc) is 2.47. The maximum atomic E-state index is 8.87. The third-order valence-electron chi connectivity index (χ3n) is 1.77. The smallest absolute Gasteiger partial charge is 0.479 e. The lowest BCUT2D eigenvalue weighted by Crippen LogP contribution is -2.44. The van der Waals surface area contributed by atoms with Gasteiger partial charge in [-0.15, -0.1) is 12.8 Å². The van der Waals surface area contributed by atoms with Crippen molar-refractivity contribution in [3.8, 4) is 24.7 Å². The van der Waals surface area contributed by atoms with Gasteiger partial charge in [0.1, 0.15) is 0 Å². The Morgan fingerprint density at radius 3 is 1.55 bits per heavy atom. The van der Waals surface area contributed by atoms with Gasteiger partial charge in [0.15, 0.2) is 23.8 Å². The van der Waals surface area contributed by atoms with Gasteiger partial charge in [0, 0.05) is 0 Å². The van der Waals surface area contributed by atoms with Crippen molar-refractivity contribution >= 4 is 8.25 Å². The van der Waals surface area contributed by atoms with E-state index in [1.807, 2.05) is 0 Å². The maximum absolute atomic E-state index is 8.87. The van der Waals surface area contributed by atoms with Crippen LogP contribution in [0.15, 0.2) is 0 Å². The Labute approximate surface area is 126 Å². The van der Waals surface area contributed by atoms with Crippen LogP contribution in [-0.2, 0) is 9.24 Å². The molecule has 22 heavy (non-hydrogen) atoms. The van der Waals surface area contributed by atoms with E-state index in [0.717, 1.165) is 6.92 Å². The van der Waals surface area contributed by atoms with Gasteiger partial charge in [-0.05, 0) is 11.5 Å². The van der Waals surface area contributed by atoms with E-state index in [9.17, 15) is 0 Å². The van der Waals surface area contributed by atoms with Crippen LogP contribution in [0.1, 0.15) is 6.92 Å². The van der Waals surface area contributed by atoms with Gasteiger partial charge in [0.05, 0.1) is 6.61 Å². The first-order chi connectivity index (χ1) is 9.84. The highest BCUT2D eigenvalue weighted by Gasteiger charge is 2.31. The molecule has 0 aliphatic rings. The van der Waals surface area contributed by atoms with Crippen molar-refractivity contribution in [1.29, 1.82) is 0 Å². The summed E-state index contributed by atoms with van der Waals surface area (Å²) < 4.78 is 11.3. The van der Waals surface area contributed by atoms with Crippen LogP contribution in [0.5, 0.6) is 0 Å². The molecule has 0 fully saturated rings. The Hall–Kier alpha value is -1.18. The third-order valence-corrected chi connectivity index (χ3v) is 1.90. The Bertz CT molecular complexity index is 395. The zero-order valence-corrected chi connectivity index (χ0v) is 12.1. The van der Waals surface area contributed by atoms with Crippen LogP contribution in [0.2, 0.25) is 0 Å². The first-order valence-corrected chi connectivity index (χ1v) is 6.11. The monoisotopic (exact) mass is 343 g/mol. The highest BCUT2D eigenvalue weighted by molar-refractivity contribution is 7.30. The summed E-state index contributed by atoms with van der Waals surface area (Å²) in [5, 5.41) is 67.2. The average molecular weight is 343 g/mol. The first-order valence-electron chi connectivity index (χ1n) is 5.02. The first kappa shape index (κ1) is 25.8. The molecule has 3 atom stereocenters. The molecule has 0 aromatic heterocycles. The Morgan fingerprint density at radius 2 is 1.55 bits per heavy atom. The fraction of sp³-hybridized carbons (Fsp3) is 0.600. The highest BCUT2D eigenvalue weighted by Crippen LogP contribution is 2.04. The van der Waals surface area contributed by atoms with Gasteiger partial charge in [-0.2, -0.15) is 0 Å². The molecule has 0 amide bonds. The van der Waals surface area contributed by atoms with E-state index in [2.05, 4.69) is 17.5 Å². The molecule has 0 aromatic rings. The fourth-order valence-electron chi connectivity index (χ4n) is 0.276. The number of hydrogen-bond acceptors (Lipinski definition) is 11. The zero-order valence-electron chi connectivity index (χ0n) is 11.2. The summed E-state index contributed by atoms with van der Waals surface area (Å²) >= 11 is 0. The molecule has 0 saturated carbocycles. The lowest BCUT2D eigenvalue weighted by atomic mass is 10.1. The molecule has 0 aromatic carbocycles. The largest absolute Gasteiger partial charge is 0.674 e. The summed E-state index contributed by atoms with van der Waals surface area (Å²) in [7, 11) is -3.15. The Morgan fingerprint density at radius 1 is 1.18 bits per heavy atom. The Balaban J connectivity index is -0.000000257. The molecule has 1 unspecified atom stereocenters. The van der Waals surface area contributed by atoms with E-state index in [1.54, 1.807) is 11.8 Å². The van der Waals surface area contributed by atoms with Crippen LogP contribution in [0.3, 0.4) is 0 Å². The van der Waals surface area contributed by atoms with Crippen molar-refractivity contribution in [3.05, 3.63) is 0 Å². The summed E-state index contributed by atoms with van der Waals surface area (Å²) in [5.74, 6) is 3.43. The third kappa shape index (κ3) is 12.6. The second kappa shape index (κ2) is 12.4. The minimum absolute atomic E-state index is 0.874. The van der Waals surface area contributed by atoms with Crippen molar-refractivity contribution in [2.75, 3.05) is 6.61 Å². The zero-order chi connectivity index (χ0) is 18.6. The summed E-state index contributed by atoms with van der Waals surface area (Å²) in [6.45, 7) is 0.263. The standard InChI is InChI=1S/C5H8O4.C5H8O3.HO4P/c1-2-5(9,3-6)4(7)8;1-3-5(2,8)4(6)7;1-4-5(2)3/h1,4,6-9H,3H2;1,4,6-8H,2H3;1H/p-1/t2*5-;/m10./s1. The normalized spacial score (nSPS) is 15.8. The predicted octanol–water partition coefficient (Wildman–Crippen LogP) is -5.37. The van der Waals surface area contributed by atoms with Crippen molar-refractivity contribution in [2.45, 2.75) is 30.7 Å². The van der Waals surface area contributed by atoms with Crippen LogP contribution in [0, 0.1) is 24.7 Å². The number of terminal acetylenes is 2. The molecular weight excluding hydrogens is 327 g/mol. The second-order valence-electron chi connectivity index (χ2n) is 3.56. The van der Waals surface area contributed by atoms with E-state index in [1.165, 1.54) is 0 Å². The molecule has 0 radical (unpaired) electrons. The number of aliphatic hydroxyl groups is 7. The molecule has 0 bridgehead atoms. The van der Waals surface area contributed by atoms with Gasteiger partial charge in [-0.3, -0.25) is 0 Å². The highest BCUT2D eigenvalue weighted by atomic mass is 31.1. The van der Waals surface area contributed by atoms with Crippen LogP contribution >= 0.6 is 8.25 Å². The van der Waals surface area contributed by atoms with Crippen molar-refractivity contribution in [3.63, 3.8) is 0 Å². The molecular formula is C10H16O11P-. The molecule has 0 rings (SSSR count). The minimum atomic E-state index is -3.15. The van der Waals surface area contributed by atoms with Gasteiger partial charge >= 0.3 is 8.25 Å². The molecule has 0 heterocycles. The maximum Gasteiger partial charge on any atom is 0.479 e. The van der Waals surface area contributed by atoms with Crippen LogP contribution in [0.25, 0.3) is 0 Å². The van der Waals surface area contributed by atoms with E-state index < -0.39 is 38.6 Å². The van der Waals surface area contributed by atoms with E-state index in [0.29, 0.717) is 0 Å². The summed E-state index contributed by atoms with van der Waals surface area (Å²) in [6, 6.07) is 0. The van der Waals surface area contributed by atoms with Gasteiger partial charge in [-0.1, -0.05) is 11.8 Å². The van der Waals surface area contributed by atoms with Crippen molar-refractivity contribution in [1.82, 2.24) is 0 Å². The van der Waals surface area contributed by atoms with Crippen LogP contribution < -0.4 is 10.2 Å². The molecule has 0 saturated heterocycles. The van der Waals surface area contributed by atoms with E-state index in [-0.39, 0.29) is 0 Å². The number of aliphatic hydroxyl groups excluding tert-OH is 3. The summed E-state index contributed by atoms with van der Waals surface area (Å²) in [4.78, 5) is 8.87. The van der Waals surface area contributed by atoms with Gasteiger partial charge in [-0.25, -0.2) is 4.67 Å². The van der Waals surface area contributed by atoms with Gasteiger partial charge in [0.2, 0.25) is 0 Å². The molecule has 0 aliphatic carbocycles. The lowest BCUT2D eigenvalue weighted by molar-refractivity contribution is -0.644. The molecule has 0 spiro atoms. The van der Waals surface area contributed by atoms with Crippen molar-refractivity contribution < 1.29 is 55.1 Å². The lowest BCUT2D eigenvalue weighted by Gasteiger charge is -2.20. The second-order valence-corrected chi connectivity index (χ2v) is 4.16. The summed E-state index contributed by atoms with van der Waals surface area (Å²) in [5.41, 5.74) is -4.04. The molecule has 128 valence electrons. The minimum Gasteiger partial charge on any atom is -0.674 e. The van der Waals surface area contributed by atoms with Crippen LogP contribution in [-0.4, -0.2) is 66.1 Å². The number of rotatable bonds is 4. The molecule has 12 heteroatoms. The van der Waals surface area contributed by atoms with Gasteiger partial charge in [0.25, 0.3) is 0 Å².